The van der Waals surface area contributed by atoms with Crippen molar-refractivity contribution >= 4 is 11.8 Å². The highest BCUT2D eigenvalue weighted by Gasteiger charge is 2.02. The lowest BCUT2D eigenvalue weighted by molar-refractivity contribution is 0.592. The van der Waals surface area contributed by atoms with Crippen LogP contribution in [0.2, 0.25) is 0 Å². The predicted molar refractivity (Wildman–Crippen MR) is 61.0 cm³/mol. The van der Waals surface area contributed by atoms with Crippen molar-refractivity contribution in [2.45, 2.75) is 64.0 Å². The van der Waals surface area contributed by atoms with Crippen LogP contribution < -0.4 is 0 Å². The fourth-order valence-corrected chi connectivity index (χ4v) is 2.20. The molecule has 0 rings (SSSR count). The molecule has 0 spiro atoms. The van der Waals surface area contributed by atoms with Gasteiger partial charge in [-0.15, -0.1) is 0 Å². The minimum Gasteiger partial charge on any atom is -0.162 e. The van der Waals surface area contributed by atoms with Crippen molar-refractivity contribution in [2.75, 3.05) is 6.26 Å². The van der Waals surface area contributed by atoms with Crippen molar-refractivity contribution in [1.29, 1.82) is 0 Å². The first-order chi connectivity index (χ1) is 5.85. The minimum atomic E-state index is 0.923. The molecule has 0 radical (unpaired) electrons. The van der Waals surface area contributed by atoms with Crippen LogP contribution >= 0.6 is 11.8 Å². The Labute approximate surface area is 82.5 Å². The van der Waals surface area contributed by atoms with Crippen molar-refractivity contribution in [3.63, 3.8) is 0 Å². The van der Waals surface area contributed by atoms with Crippen LogP contribution in [0, 0.1) is 0 Å². The third-order valence-corrected chi connectivity index (χ3v) is 3.65. The van der Waals surface area contributed by atoms with Crippen LogP contribution in [0.1, 0.15) is 58.8 Å². The Bertz CT molecular complexity index is 77.1. The average Bonchev–Trinajstić information content (AvgIpc) is 2.11. The average molecular weight is 188 g/mol. The molecule has 12 heavy (non-hydrogen) atoms. The summed E-state index contributed by atoms with van der Waals surface area (Å²) in [7, 11) is 0. The Morgan fingerprint density at radius 2 is 1.67 bits per heavy atom. The van der Waals surface area contributed by atoms with E-state index in [1.54, 1.807) is 0 Å². The number of hydrogen-bond acceptors (Lipinski definition) is 1. The van der Waals surface area contributed by atoms with E-state index >= 15 is 0 Å². The molecule has 0 nitrogen and oxygen atoms in total. The summed E-state index contributed by atoms with van der Waals surface area (Å²) >= 11 is 2.03. The molecule has 0 aliphatic rings. The molecule has 1 unspecified atom stereocenters. The fourth-order valence-electron chi connectivity index (χ4n) is 1.46. The molecule has 0 heterocycles. The molecule has 0 fully saturated rings. The maximum absolute atomic E-state index is 2.30. The van der Waals surface area contributed by atoms with Gasteiger partial charge >= 0.3 is 0 Å². The Balaban J connectivity index is 3.06. The maximum Gasteiger partial charge on any atom is 0.00416 e. The van der Waals surface area contributed by atoms with E-state index in [9.17, 15) is 0 Å². The highest BCUT2D eigenvalue weighted by molar-refractivity contribution is 7.99. The van der Waals surface area contributed by atoms with Crippen LogP contribution in [0.25, 0.3) is 0 Å². The Hall–Kier alpha value is 0.350. The first-order valence-corrected chi connectivity index (χ1v) is 6.66. The van der Waals surface area contributed by atoms with E-state index in [1.165, 1.54) is 44.9 Å². The molecule has 0 aromatic heterocycles. The molecular weight excluding hydrogens is 164 g/mol. The van der Waals surface area contributed by atoms with Gasteiger partial charge in [-0.05, 0) is 19.1 Å². The molecule has 0 N–H and O–H groups in total. The molecule has 0 aromatic carbocycles. The highest BCUT2D eigenvalue weighted by Crippen LogP contribution is 2.18. The van der Waals surface area contributed by atoms with Gasteiger partial charge in [-0.25, -0.2) is 0 Å². The third-order valence-electron chi connectivity index (χ3n) is 2.42. The van der Waals surface area contributed by atoms with Gasteiger partial charge in [0.1, 0.15) is 0 Å². The Morgan fingerprint density at radius 1 is 1.00 bits per heavy atom. The fraction of sp³-hybridized carbons (Fsp3) is 1.00. The summed E-state index contributed by atoms with van der Waals surface area (Å²) in [6, 6.07) is 0. The molecule has 1 heteroatoms. The molecule has 0 amide bonds. The minimum absolute atomic E-state index is 0.923. The zero-order valence-corrected chi connectivity index (χ0v) is 9.75. The van der Waals surface area contributed by atoms with Gasteiger partial charge in [0, 0.05) is 5.25 Å². The zero-order valence-electron chi connectivity index (χ0n) is 8.94. The molecule has 0 saturated carbocycles. The van der Waals surface area contributed by atoms with E-state index in [0.717, 1.165) is 5.25 Å². The second-order valence-electron chi connectivity index (χ2n) is 3.47. The van der Waals surface area contributed by atoms with Gasteiger partial charge in [-0.3, -0.25) is 0 Å². The van der Waals surface area contributed by atoms with Crippen molar-refractivity contribution in [2.24, 2.45) is 0 Å². The number of thioether (sulfide) groups is 1. The van der Waals surface area contributed by atoms with Crippen molar-refractivity contribution in [3.8, 4) is 0 Å². The van der Waals surface area contributed by atoms with E-state index in [4.69, 9.17) is 0 Å². The van der Waals surface area contributed by atoms with Gasteiger partial charge in [0.15, 0.2) is 0 Å². The summed E-state index contributed by atoms with van der Waals surface area (Å²) in [6.07, 6.45) is 12.1. The van der Waals surface area contributed by atoms with E-state index in [2.05, 4.69) is 20.1 Å². The van der Waals surface area contributed by atoms with Gasteiger partial charge < -0.3 is 0 Å². The highest BCUT2D eigenvalue weighted by atomic mass is 32.2. The van der Waals surface area contributed by atoms with Crippen LogP contribution in [0.15, 0.2) is 0 Å². The molecule has 0 aliphatic carbocycles. The predicted octanol–water partition coefficient (Wildman–Crippen LogP) is 4.49. The normalized spacial score (nSPS) is 13.2. The van der Waals surface area contributed by atoms with E-state index < -0.39 is 0 Å². The first kappa shape index (κ1) is 12.3. The lowest BCUT2D eigenvalue weighted by atomic mass is 10.1. The molecule has 1 atom stereocenters. The van der Waals surface area contributed by atoms with Gasteiger partial charge in [0.2, 0.25) is 0 Å². The number of unbranched alkanes of at least 4 members (excludes halogenated alkanes) is 4. The van der Waals surface area contributed by atoms with E-state index in [1.807, 2.05) is 11.8 Å². The van der Waals surface area contributed by atoms with E-state index in [-0.39, 0.29) is 0 Å². The smallest absolute Gasteiger partial charge is 0.00416 e. The lowest BCUT2D eigenvalue weighted by Gasteiger charge is -2.10. The summed E-state index contributed by atoms with van der Waals surface area (Å²) in [6.45, 7) is 4.57. The molecule has 0 saturated heterocycles. The molecule has 0 aromatic rings. The summed E-state index contributed by atoms with van der Waals surface area (Å²) in [5.74, 6) is 0. The Morgan fingerprint density at radius 3 is 2.17 bits per heavy atom. The second kappa shape index (κ2) is 9.44. The van der Waals surface area contributed by atoms with Gasteiger partial charge in [0.25, 0.3) is 0 Å². The van der Waals surface area contributed by atoms with Crippen LogP contribution in [0.3, 0.4) is 0 Å². The van der Waals surface area contributed by atoms with Crippen LogP contribution in [0.5, 0.6) is 0 Å². The third kappa shape index (κ3) is 7.02. The monoisotopic (exact) mass is 188 g/mol. The lowest BCUT2D eigenvalue weighted by Crippen LogP contribution is -1.98. The Kier molecular flexibility index (Phi) is 9.71. The summed E-state index contributed by atoms with van der Waals surface area (Å²) in [4.78, 5) is 0. The topological polar surface area (TPSA) is 0 Å². The first-order valence-electron chi connectivity index (χ1n) is 5.37. The van der Waals surface area contributed by atoms with Crippen molar-refractivity contribution < 1.29 is 0 Å². The second-order valence-corrected chi connectivity index (χ2v) is 4.61. The standard InChI is InChI=1S/C11H24S/c1-4-6-7-8-9-10-11(5-2)12-3/h11H,4-10H2,1-3H3. The molecule has 0 aliphatic heterocycles. The summed E-state index contributed by atoms with van der Waals surface area (Å²) in [5.41, 5.74) is 0. The molecule has 74 valence electrons. The van der Waals surface area contributed by atoms with Crippen molar-refractivity contribution in [3.05, 3.63) is 0 Å². The largest absolute Gasteiger partial charge is 0.162 e. The van der Waals surface area contributed by atoms with Gasteiger partial charge in [-0.2, -0.15) is 11.8 Å². The molecule has 0 bridgehead atoms. The maximum atomic E-state index is 2.30. The number of rotatable bonds is 8. The van der Waals surface area contributed by atoms with Crippen LogP contribution in [0.4, 0.5) is 0 Å². The summed E-state index contributed by atoms with van der Waals surface area (Å²) in [5, 5.41) is 0.923. The summed E-state index contributed by atoms with van der Waals surface area (Å²) < 4.78 is 0. The molecular formula is C11H24S. The van der Waals surface area contributed by atoms with Crippen molar-refractivity contribution in [1.82, 2.24) is 0 Å². The SMILES string of the molecule is CCCCCCCC(CC)SC. The van der Waals surface area contributed by atoms with Crippen LogP contribution in [-0.2, 0) is 0 Å². The quantitative estimate of drug-likeness (QED) is 0.506. The van der Waals surface area contributed by atoms with E-state index in [0.29, 0.717) is 0 Å². The van der Waals surface area contributed by atoms with Gasteiger partial charge in [-0.1, -0.05) is 46.0 Å². The zero-order chi connectivity index (χ0) is 9.23. The van der Waals surface area contributed by atoms with Crippen LogP contribution in [-0.4, -0.2) is 11.5 Å². The van der Waals surface area contributed by atoms with Gasteiger partial charge in [0.05, 0.1) is 0 Å². The number of hydrogen-bond donors (Lipinski definition) is 0.